The Kier molecular flexibility index (Phi) is 4.41. The van der Waals surface area contributed by atoms with Crippen molar-refractivity contribution in [1.82, 2.24) is 4.90 Å². The smallest absolute Gasteiger partial charge is 0.161 e. The Hall–Kier alpha value is -2.04. The molecule has 2 aromatic rings. The van der Waals surface area contributed by atoms with Crippen molar-refractivity contribution in [3.8, 4) is 11.5 Å². The van der Waals surface area contributed by atoms with E-state index in [0.717, 1.165) is 31.0 Å². The Labute approximate surface area is 142 Å². The third-order valence-corrected chi connectivity index (χ3v) is 4.91. The molecule has 4 rings (SSSR count). The minimum absolute atomic E-state index is 0.239. The number of rotatable bonds is 3. The first-order valence-corrected chi connectivity index (χ1v) is 8.63. The lowest BCUT2D eigenvalue weighted by Gasteiger charge is -2.36. The maximum atomic E-state index is 10.6. The second-order valence-electron chi connectivity index (χ2n) is 6.59. The van der Waals surface area contributed by atoms with Gasteiger partial charge in [0.05, 0.1) is 6.10 Å². The molecule has 0 spiro atoms. The van der Waals surface area contributed by atoms with Crippen LogP contribution in [-0.2, 0) is 6.54 Å². The van der Waals surface area contributed by atoms with Gasteiger partial charge in [0.2, 0.25) is 0 Å². The Morgan fingerprint density at radius 2 is 1.79 bits per heavy atom. The number of hydrogen-bond donors (Lipinski definition) is 1. The molecule has 0 aromatic heterocycles. The maximum absolute atomic E-state index is 10.6. The molecule has 2 aliphatic heterocycles. The van der Waals surface area contributed by atoms with Gasteiger partial charge in [-0.15, -0.1) is 0 Å². The number of fused-ring (bicyclic) bond motifs is 1. The number of benzene rings is 2. The Bertz CT molecular complexity index is 689. The standard InChI is InChI=1S/C20H23NO3/c22-18-14-21(9-8-17(18)16-4-2-1-3-5-16)13-15-6-7-19-20(12-15)24-11-10-23-19/h1-7,12,17-18,22H,8-11,13-14H2/t17-,18-/m1/s1. The van der Waals surface area contributed by atoms with E-state index in [4.69, 9.17) is 9.47 Å². The predicted octanol–water partition coefficient (Wildman–Crippen LogP) is 2.81. The largest absolute Gasteiger partial charge is 0.486 e. The highest BCUT2D eigenvalue weighted by Crippen LogP contribution is 2.32. The van der Waals surface area contributed by atoms with Gasteiger partial charge in [-0.3, -0.25) is 4.90 Å². The number of likely N-dealkylation sites (tertiary alicyclic amines) is 1. The molecule has 1 fully saturated rings. The topological polar surface area (TPSA) is 41.9 Å². The van der Waals surface area contributed by atoms with Crippen LogP contribution in [0, 0.1) is 0 Å². The lowest BCUT2D eigenvalue weighted by atomic mass is 9.87. The van der Waals surface area contributed by atoms with E-state index in [1.807, 2.05) is 24.3 Å². The number of hydrogen-bond acceptors (Lipinski definition) is 4. The molecule has 0 saturated carbocycles. The molecule has 0 aliphatic carbocycles. The summed E-state index contributed by atoms with van der Waals surface area (Å²) in [5.74, 6) is 1.90. The number of aliphatic hydroxyl groups is 1. The van der Waals surface area contributed by atoms with Gasteiger partial charge in [0, 0.05) is 19.0 Å². The van der Waals surface area contributed by atoms with Crippen molar-refractivity contribution in [2.24, 2.45) is 0 Å². The number of nitrogens with zero attached hydrogens (tertiary/aromatic N) is 1. The van der Waals surface area contributed by atoms with Crippen LogP contribution in [0.1, 0.15) is 23.5 Å². The summed E-state index contributed by atoms with van der Waals surface area (Å²) in [7, 11) is 0. The first-order valence-electron chi connectivity index (χ1n) is 8.63. The monoisotopic (exact) mass is 325 g/mol. The highest BCUT2D eigenvalue weighted by molar-refractivity contribution is 5.43. The molecule has 2 aliphatic rings. The second kappa shape index (κ2) is 6.83. The van der Waals surface area contributed by atoms with Crippen molar-refractivity contribution in [2.75, 3.05) is 26.3 Å². The van der Waals surface area contributed by atoms with E-state index in [2.05, 4.69) is 29.2 Å². The average molecular weight is 325 g/mol. The van der Waals surface area contributed by atoms with Gasteiger partial charge >= 0.3 is 0 Å². The van der Waals surface area contributed by atoms with Crippen molar-refractivity contribution in [2.45, 2.75) is 25.0 Å². The summed E-state index contributed by atoms with van der Waals surface area (Å²) in [5, 5.41) is 10.6. The SMILES string of the molecule is O[C@@H]1CN(Cc2ccc3c(c2)OCCO3)CC[C@@H]1c1ccccc1. The molecular formula is C20H23NO3. The van der Waals surface area contributed by atoms with Gasteiger partial charge in [-0.1, -0.05) is 36.4 Å². The Morgan fingerprint density at radius 1 is 1.00 bits per heavy atom. The van der Waals surface area contributed by atoms with E-state index in [0.29, 0.717) is 19.8 Å². The van der Waals surface area contributed by atoms with Crippen LogP contribution in [0.2, 0.25) is 0 Å². The van der Waals surface area contributed by atoms with Crippen LogP contribution in [0.15, 0.2) is 48.5 Å². The predicted molar refractivity (Wildman–Crippen MR) is 92.5 cm³/mol. The molecule has 2 heterocycles. The lowest BCUT2D eigenvalue weighted by Crippen LogP contribution is -2.42. The minimum atomic E-state index is -0.321. The van der Waals surface area contributed by atoms with Gasteiger partial charge in [-0.05, 0) is 36.2 Å². The third-order valence-electron chi connectivity index (χ3n) is 4.91. The summed E-state index contributed by atoms with van der Waals surface area (Å²) < 4.78 is 11.2. The van der Waals surface area contributed by atoms with Crippen molar-refractivity contribution in [1.29, 1.82) is 0 Å². The zero-order valence-corrected chi connectivity index (χ0v) is 13.7. The fraction of sp³-hybridized carbons (Fsp3) is 0.400. The van der Waals surface area contributed by atoms with Crippen LogP contribution < -0.4 is 9.47 Å². The molecule has 0 unspecified atom stereocenters. The number of aliphatic hydroxyl groups excluding tert-OH is 1. The summed E-state index contributed by atoms with van der Waals surface area (Å²) in [4.78, 5) is 2.31. The van der Waals surface area contributed by atoms with Gasteiger partial charge in [-0.25, -0.2) is 0 Å². The van der Waals surface area contributed by atoms with Gasteiger partial charge < -0.3 is 14.6 Å². The number of piperidine rings is 1. The summed E-state index contributed by atoms with van der Waals surface area (Å²) in [5.41, 5.74) is 2.44. The zero-order valence-electron chi connectivity index (χ0n) is 13.7. The van der Waals surface area contributed by atoms with E-state index in [-0.39, 0.29) is 12.0 Å². The summed E-state index contributed by atoms with van der Waals surface area (Å²) in [6.45, 7) is 3.75. The minimum Gasteiger partial charge on any atom is -0.486 e. The highest BCUT2D eigenvalue weighted by atomic mass is 16.6. The van der Waals surface area contributed by atoms with Crippen LogP contribution >= 0.6 is 0 Å². The molecule has 24 heavy (non-hydrogen) atoms. The Balaban J connectivity index is 1.40. The molecule has 0 bridgehead atoms. The molecule has 2 atom stereocenters. The quantitative estimate of drug-likeness (QED) is 0.942. The van der Waals surface area contributed by atoms with E-state index in [1.54, 1.807) is 0 Å². The summed E-state index contributed by atoms with van der Waals surface area (Å²) >= 11 is 0. The fourth-order valence-corrected chi connectivity index (χ4v) is 3.67. The van der Waals surface area contributed by atoms with Gasteiger partial charge in [-0.2, -0.15) is 0 Å². The van der Waals surface area contributed by atoms with Crippen LogP contribution in [0.3, 0.4) is 0 Å². The van der Waals surface area contributed by atoms with Crippen LogP contribution in [-0.4, -0.2) is 42.4 Å². The molecular weight excluding hydrogens is 302 g/mol. The first-order chi connectivity index (χ1) is 11.8. The molecule has 4 heteroatoms. The molecule has 2 aromatic carbocycles. The summed E-state index contributed by atoms with van der Waals surface area (Å²) in [6, 6.07) is 16.5. The maximum Gasteiger partial charge on any atom is 0.161 e. The van der Waals surface area contributed by atoms with E-state index < -0.39 is 0 Å². The van der Waals surface area contributed by atoms with Crippen molar-refractivity contribution >= 4 is 0 Å². The third kappa shape index (κ3) is 3.25. The highest BCUT2D eigenvalue weighted by Gasteiger charge is 2.28. The molecule has 1 saturated heterocycles. The van der Waals surface area contributed by atoms with Crippen LogP contribution in [0.5, 0.6) is 11.5 Å². The fourth-order valence-electron chi connectivity index (χ4n) is 3.67. The molecule has 0 amide bonds. The van der Waals surface area contributed by atoms with Crippen molar-refractivity contribution in [3.05, 3.63) is 59.7 Å². The van der Waals surface area contributed by atoms with Crippen LogP contribution in [0.25, 0.3) is 0 Å². The van der Waals surface area contributed by atoms with E-state index >= 15 is 0 Å². The van der Waals surface area contributed by atoms with Crippen molar-refractivity contribution < 1.29 is 14.6 Å². The molecule has 126 valence electrons. The summed E-state index contributed by atoms with van der Waals surface area (Å²) in [6.07, 6.45) is 0.661. The second-order valence-corrected chi connectivity index (χ2v) is 6.59. The van der Waals surface area contributed by atoms with Gasteiger partial charge in [0.25, 0.3) is 0 Å². The number of β-amino-alcohol motifs (C(OH)–C–C–N with tert-alkyl or cyclic N) is 1. The van der Waals surface area contributed by atoms with Gasteiger partial charge in [0.1, 0.15) is 13.2 Å². The van der Waals surface area contributed by atoms with Crippen LogP contribution in [0.4, 0.5) is 0 Å². The van der Waals surface area contributed by atoms with Crippen molar-refractivity contribution in [3.63, 3.8) is 0 Å². The molecule has 0 radical (unpaired) electrons. The van der Waals surface area contributed by atoms with E-state index in [9.17, 15) is 5.11 Å². The zero-order chi connectivity index (χ0) is 16.4. The lowest BCUT2D eigenvalue weighted by molar-refractivity contribution is 0.0476. The normalized spacial score (nSPS) is 23.9. The average Bonchev–Trinajstić information content (AvgIpc) is 2.62. The Morgan fingerprint density at radius 3 is 2.58 bits per heavy atom. The van der Waals surface area contributed by atoms with E-state index in [1.165, 1.54) is 11.1 Å². The first kappa shape index (κ1) is 15.5. The molecule has 1 N–H and O–H groups in total. The number of ether oxygens (including phenoxy) is 2. The molecule has 4 nitrogen and oxygen atoms in total. The van der Waals surface area contributed by atoms with Gasteiger partial charge in [0.15, 0.2) is 11.5 Å².